The van der Waals surface area contributed by atoms with Crippen LogP contribution >= 0.6 is 11.3 Å². The van der Waals surface area contributed by atoms with Crippen molar-refractivity contribution in [2.24, 2.45) is 11.7 Å². The summed E-state index contributed by atoms with van der Waals surface area (Å²) in [5.74, 6) is 1.41. The maximum absolute atomic E-state index is 5.70. The van der Waals surface area contributed by atoms with Gasteiger partial charge in [-0.05, 0) is 30.3 Å². The standard InChI is InChI=1S/C13H16N4S/c14-6-10-3-4-17(9-10)13-15-7-11(8-16-13)12-2-1-5-18-12/h1-2,5,7-8,10H,3-4,6,9,14H2. The highest BCUT2D eigenvalue weighted by Gasteiger charge is 2.22. The van der Waals surface area contributed by atoms with Crippen molar-refractivity contribution in [1.29, 1.82) is 0 Å². The van der Waals surface area contributed by atoms with Crippen LogP contribution in [0.1, 0.15) is 6.42 Å². The average molecular weight is 260 g/mol. The van der Waals surface area contributed by atoms with Gasteiger partial charge in [-0.1, -0.05) is 6.07 Å². The highest BCUT2D eigenvalue weighted by atomic mass is 32.1. The first-order valence-electron chi connectivity index (χ1n) is 6.18. The van der Waals surface area contributed by atoms with Crippen LogP contribution in [0.15, 0.2) is 29.9 Å². The number of nitrogens with two attached hydrogens (primary N) is 1. The van der Waals surface area contributed by atoms with Crippen LogP contribution in [0.3, 0.4) is 0 Å². The van der Waals surface area contributed by atoms with E-state index in [-0.39, 0.29) is 0 Å². The second-order valence-electron chi connectivity index (χ2n) is 4.59. The molecule has 2 aromatic heterocycles. The maximum atomic E-state index is 5.70. The molecule has 0 aromatic carbocycles. The number of anilines is 1. The van der Waals surface area contributed by atoms with Crippen LogP contribution in [0, 0.1) is 5.92 Å². The Morgan fingerprint density at radius 2 is 2.22 bits per heavy atom. The minimum atomic E-state index is 0.588. The Morgan fingerprint density at radius 1 is 1.39 bits per heavy atom. The van der Waals surface area contributed by atoms with E-state index in [1.54, 1.807) is 11.3 Å². The normalized spacial score (nSPS) is 19.4. The quantitative estimate of drug-likeness (QED) is 0.917. The lowest BCUT2D eigenvalue weighted by Crippen LogP contribution is -2.24. The van der Waals surface area contributed by atoms with Crippen molar-refractivity contribution >= 4 is 17.3 Å². The summed E-state index contributed by atoms with van der Waals surface area (Å²) in [5.41, 5.74) is 6.78. The molecule has 1 aliphatic heterocycles. The Labute approximate surface area is 110 Å². The largest absolute Gasteiger partial charge is 0.340 e. The summed E-state index contributed by atoms with van der Waals surface area (Å²) in [6, 6.07) is 4.13. The second-order valence-corrected chi connectivity index (χ2v) is 5.53. The number of nitrogens with zero attached hydrogens (tertiary/aromatic N) is 3. The van der Waals surface area contributed by atoms with Gasteiger partial charge in [0.05, 0.1) is 0 Å². The number of aromatic nitrogens is 2. The van der Waals surface area contributed by atoms with E-state index in [0.717, 1.165) is 37.6 Å². The summed E-state index contributed by atoms with van der Waals surface area (Å²) < 4.78 is 0. The molecule has 1 unspecified atom stereocenters. The molecule has 2 N–H and O–H groups in total. The maximum Gasteiger partial charge on any atom is 0.225 e. The summed E-state index contributed by atoms with van der Waals surface area (Å²) >= 11 is 1.71. The molecule has 0 aliphatic carbocycles. The van der Waals surface area contributed by atoms with E-state index in [4.69, 9.17) is 5.73 Å². The fraction of sp³-hybridized carbons (Fsp3) is 0.385. The predicted octanol–water partition coefficient (Wildman–Crippen LogP) is 1.99. The van der Waals surface area contributed by atoms with E-state index < -0.39 is 0 Å². The fourth-order valence-electron chi connectivity index (χ4n) is 2.26. The SMILES string of the molecule is NCC1CCN(c2ncc(-c3cccs3)cn2)C1. The minimum absolute atomic E-state index is 0.588. The fourth-order valence-corrected chi connectivity index (χ4v) is 2.96. The molecule has 4 nitrogen and oxygen atoms in total. The molecule has 3 rings (SSSR count). The first kappa shape index (κ1) is 11.6. The van der Waals surface area contributed by atoms with Gasteiger partial charge in [-0.2, -0.15) is 0 Å². The van der Waals surface area contributed by atoms with Gasteiger partial charge in [0.1, 0.15) is 0 Å². The third-order valence-corrected chi connectivity index (χ3v) is 4.26. The zero-order valence-electron chi connectivity index (χ0n) is 10.1. The van der Waals surface area contributed by atoms with Gasteiger partial charge in [0, 0.05) is 35.9 Å². The summed E-state index contributed by atoms with van der Waals surface area (Å²) in [7, 11) is 0. The Balaban J connectivity index is 1.76. The summed E-state index contributed by atoms with van der Waals surface area (Å²) in [6.45, 7) is 2.75. The van der Waals surface area contributed by atoms with Gasteiger partial charge >= 0.3 is 0 Å². The Hall–Kier alpha value is -1.46. The van der Waals surface area contributed by atoms with Crippen molar-refractivity contribution in [2.75, 3.05) is 24.5 Å². The summed E-state index contributed by atoms with van der Waals surface area (Å²) in [6.07, 6.45) is 4.96. The highest BCUT2D eigenvalue weighted by Crippen LogP contribution is 2.25. The molecule has 0 radical (unpaired) electrons. The lowest BCUT2D eigenvalue weighted by atomic mass is 10.1. The van der Waals surface area contributed by atoms with E-state index in [1.807, 2.05) is 18.5 Å². The summed E-state index contributed by atoms with van der Waals surface area (Å²) in [4.78, 5) is 12.4. The van der Waals surface area contributed by atoms with Gasteiger partial charge in [0.15, 0.2) is 0 Å². The summed E-state index contributed by atoms with van der Waals surface area (Å²) in [5, 5.41) is 2.07. The lowest BCUT2D eigenvalue weighted by Gasteiger charge is -2.15. The van der Waals surface area contributed by atoms with Crippen LogP contribution in [0.2, 0.25) is 0 Å². The number of thiophene rings is 1. The van der Waals surface area contributed by atoms with Gasteiger partial charge < -0.3 is 10.6 Å². The lowest BCUT2D eigenvalue weighted by molar-refractivity contribution is 0.602. The molecule has 0 saturated carbocycles. The van der Waals surface area contributed by atoms with Gasteiger partial charge in [0.25, 0.3) is 0 Å². The smallest absolute Gasteiger partial charge is 0.225 e. The molecular formula is C13H16N4S. The molecule has 1 aliphatic rings. The number of hydrogen-bond donors (Lipinski definition) is 1. The van der Waals surface area contributed by atoms with Crippen molar-refractivity contribution in [3.05, 3.63) is 29.9 Å². The Kier molecular flexibility index (Phi) is 3.25. The van der Waals surface area contributed by atoms with Gasteiger partial charge in [-0.3, -0.25) is 0 Å². The molecule has 0 amide bonds. The third-order valence-electron chi connectivity index (χ3n) is 3.35. The van der Waals surface area contributed by atoms with Crippen LogP contribution in [0.5, 0.6) is 0 Å². The van der Waals surface area contributed by atoms with E-state index in [0.29, 0.717) is 5.92 Å². The third kappa shape index (κ3) is 2.23. The van der Waals surface area contributed by atoms with Crippen molar-refractivity contribution in [2.45, 2.75) is 6.42 Å². The topological polar surface area (TPSA) is 55.0 Å². The predicted molar refractivity (Wildman–Crippen MR) is 74.7 cm³/mol. The van der Waals surface area contributed by atoms with Crippen LogP contribution in [-0.4, -0.2) is 29.6 Å². The molecule has 1 fully saturated rings. The Morgan fingerprint density at radius 3 is 2.83 bits per heavy atom. The van der Waals surface area contributed by atoms with Gasteiger partial charge in [0.2, 0.25) is 5.95 Å². The molecule has 2 aromatic rings. The van der Waals surface area contributed by atoms with Crippen molar-refractivity contribution in [3.8, 4) is 10.4 Å². The average Bonchev–Trinajstić information content (AvgIpc) is 3.10. The van der Waals surface area contributed by atoms with E-state index in [2.05, 4.69) is 26.3 Å². The molecule has 1 saturated heterocycles. The minimum Gasteiger partial charge on any atom is -0.340 e. The van der Waals surface area contributed by atoms with Crippen molar-refractivity contribution < 1.29 is 0 Å². The highest BCUT2D eigenvalue weighted by molar-refractivity contribution is 7.13. The second kappa shape index (κ2) is 5.04. The molecule has 0 bridgehead atoms. The number of hydrogen-bond acceptors (Lipinski definition) is 5. The van der Waals surface area contributed by atoms with E-state index >= 15 is 0 Å². The van der Waals surface area contributed by atoms with Crippen LogP contribution in [0.25, 0.3) is 10.4 Å². The molecular weight excluding hydrogens is 244 g/mol. The van der Waals surface area contributed by atoms with E-state index in [1.165, 1.54) is 4.88 Å². The van der Waals surface area contributed by atoms with Crippen LogP contribution in [-0.2, 0) is 0 Å². The van der Waals surface area contributed by atoms with Crippen molar-refractivity contribution in [3.63, 3.8) is 0 Å². The van der Waals surface area contributed by atoms with Crippen molar-refractivity contribution in [1.82, 2.24) is 9.97 Å². The Bertz CT molecular complexity index is 494. The zero-order valence-corrected chi connectivity index (χ0v) is 10.9. The molecule has 1 atom stereocenters. The van der Waals surface area contributed by atoms with Gasteiger partial charge in [-0.15, -0.1) is 11.3 Å². The van der Waals surface area contributed by atoms with Crippen LogP contribution < -0.4 is 10.6 Å². The number of rotatable bonds is 3. The molecule has 5 heteroatoms. The molecule has 0 spiro atoms. The van der Waals surface area contributed by atoms with E-state index in [9.17, 15) is 0 Å². The molecule has 94 valence electrons. The van der Waals surface area contributed by atoms with Crippen LogP contribution in [0.4, 0.5) is 5.95 Å². The zero-order chi connectivity index (χ0) is 12.4. The van der Waals surface area contributed by atoms with Gasteiger partial charge in [-0.25, -0.2) is 9.97 Å². The molecule has 3 heterocycles. The molecule has 18 heavy (non-hydrogen) atoms. The monoisotopic (exact) mass is 260 g/mol. The first-order valence-corrected chi connectivity index (χ1v) is 7.05. The first-order chi connectivity index (χ1) is 8.86.